The van der Waals surface area contributed by atoms with Gasteiger partial charge < -0.3 is 10.1 Å². The maximum Gasteiger partial charge on any atom is 0.145 e. The van der Waals surface area contributed by atoms with Crippen LogP contribution in [0.15, 0.2) is 42.6 Å². The molecule has 4 heteroatoms. The van der Waals surface area contributed by atoms with E-state index in [0.29, 0.717) is 18.8 Å². The molecule has 0 fully saturated rings. The molecule has 0 saturated heterocycles. The van der Waals surface area contributed by atoms with Crippen LogP contribution >= 0.6 is 0 Å². The molecule has 2 aromatic rings. The third-order valence-corrected chi connectivity index (χ3v) is 2.65. The summed E-state index contributed by atoms with van der Waals surface area (Å²) in [6.45, 7) is 3.11. The van der Waals surface area contributed by atoms with Crippen molar-refractivity contribution >= 4 is 5.69 Å². The first-order valence-corrected chi connectivity index (χ1v) is 6.15. The maximum absolute atomic E-state index is 8.99. The minimum absolute atomic E-state index is 0.448. The average Bonchev–Trinajstić information content (AvgIpc) is 2.47. The van der Waals surface area contributed by atoms with E-state index in [-0.39, 0.29) is 0 Å². The van der Waals surface area contributed by atoms with Crippen LogP contribution in [0.5, 0.6) is 5.75 Å². The van der Waals surface area contributed by atoms with Gasteiger partial charge in [0.2, 0.25) is 0 Å². The van der Waals surface area contributed by atoms with Gasteiger partial charge in [0.05, 0.1) is 12.3 Å². The number of aromatic nitrogens is 1. The second-order valence-corrected chi connectivity index (χ2v) is 3.91. The Hall–Kier alpha value is -2.54. The molecule has 4 nitrogen and oxygen atoms in total. The number of benzene rings is 1. The summed E-state index contributed by atoms with van der Waals surface area (Å²) >= 11 is 0. The first-order valence-electron chi connectivity index (χ1n) is 6.15. The van der Waals surface area contributed by atoms with E-state index in [1.54, 1.807) is 6.20 Å². The largest absolute Gasteiger partial charge is 0.492 e. The van der Waals surface area contributed by atoms with Crippen molar-refractivity contribution in [3.8, 4) is 11.8 Å². The molecular formula is C15H15N3O. The Morgan fingerprint density at radius 2 is 2.11 bits per heavy atom. The minimum Gasteiger partial charge on any atom is -0.492 e. The number of hydrogen-bond donors (Lipinski definition) is 1. The summed E-state index contributed by atoms with van der Waals surface area (Å²) in [5, 5.41) is 12.3. The van der Waals surface area contributed by atoms with Crippen molar-refractivity contribution in [2.24, 2.45) is 0 Å². The molecule has 0 unspecified atom stereocenters. The van der Waals surface area contributed by atoms with Gasteiger partial charge in [0.25, 0.3) is 0 Å². The van der Waals surface area contributed by atoms with E-state index < -0.39 is 0 Å². The van der Waals surface area contributed by atoms with E-state index >= 15 is 0 Å². The van der Waals surface area contributed by atoms with Crippen molar-refractivity contribution in [3.63, 3.8) is 0 Å². The highest BCUT2D eigenvalue weighted by atomic mass is 16.5. The van der Waals surface area contributed by atoms with Crippen LogP contribution in [-0.2, 0) is 6.54 Å². The summed E-state index contributed by atoms with van der Waals surface area (Å²) < 4.78 is 5.54. The van der Waals surface area contributed by atoms with Gasteiger partial charge in [-0.05, 0) is 25.1 Å². The second-order valence-electron chi connectivity index (χ2n) is 3.91. The molecule has 0 bridgehead atoms. The van der Waals surface area contributed by atoms with Gasteiger partial charge in [-0.2, -0.15) is 5.26 Å². The molecule has 96 valence electrons. The van der Waals surface area contributed by atoms with Gasteiger partial charge in [-0.1, -0.05) is 18.2 Å². The number of anilines is 1. The smallest absolute Gasteiger partial charge is 0.145 e. The van der Waals surface area contributed by atoms with E-state index in [9.17, 15) is 0 Å². The number of nitrogens with one attached hydrogen (secondary N) is 1. The lowest BCUT2D eigenvalue weighted by molar-refractivity contribution is 0.341. The molecule has 2 rings (SSSR count). The highest BCUT2D eigenvalue weighted by Crippen LogP contribution is 2.24. The molecule has 0 saturated carbocycles. The Morgan fingerprint density at radius 3 is 2.89 bits per heavy atom. The molecule has 0 amide bonds. The van der Waals surface area contributed by atoms with Gasteiger partial charge in [0.1, 0.15) is 17.5 Å². The van der Waals surface area contributed by atoms with Crippen LogP contribution in [0.4, 0.5) is 5.69 Å². The molecule has 0 aliphatic carbocycles. The van der Waals surface area contributed by atoms with Crippen LogP contribution in [0, 0.1) is 11.3 Å². The van der Waals surface area contributed by atoms with Gasteiger partial charge in [0.15, 0.2) is 0 Å². The number of rotatable bonds is 5. The van der Waals surface area contributed by atoms with Gasteiger partial charge in [-0.3, -0.25) is 0 Å². The summed E-state index contributed by atoms with van der Waals surface area (Å²) in [5.41, 5.74) is 2.23. The Kier molecular flexibility index (Phi) is 4.35. The van der Waals surface area contributed by atoms with Crippen molar-refractivity contribution in [1.82, 2.24) is 4.98 Å². The molecular weight excluding hydrogens is 238 g/mol. The number of pyridine rings is 1. The van der Waals surface area contributed by atoms with Crippen molar-refractivity contribution in [2.75, 3.05) is 11.9 Å². The SMILES string of the molecule is CCOc1ccccc1NCc1cccnc1C#N. The fraction of sp³-hybridized carbons (Fsp3) is 0.200. The van der Waals surface area contributed by atoms with Crippen molar-refractivity contribution in [2.45, 2.75) is 13.5 Å². The lowest BCUT2D eigenvalue weighted by Gasteiger charge is -2.12. The summed E-state index contributed by atoms with van der Waals surface area (Å²) in [4.78, 5) is 4.04. The monoisotopic (exact) mass is 253 g/mol. The number of nitrogens with zero attached hydrogens (tertiary/aromatic N) is 2. The Labute approximate surface area is 112 Å². The second kappa shape index (κ2) is 6.41. The van der Waals surface area contributed by atoms with Crippen LogP contribution in [0.3, 0.4) is 0 Å². The molecule has 1 heterocycles. The van der Waals surface area contributed by atoms with Gasteiger partial charge in [0, 0.05) is 18.3 Å². The lowest BCUT2D eigenvalue weighted by Crippen LogP contribution is -2.04. The highest BCUT2D eigenvalue weighted by molar-refractivity contribution is 5.56. The number of hydrogen-bond acceptors (Lipinski definition) is 4. The van der Waals surface area contributed by atoms with E-state index in [1.807, 2.05) is 43.3 Å². The average molecular weight is 253 g/mol. The standard InChI is InChI=1S/C15H15N3O/c1-2-19-15-8-4-3-7-13(15)18-11-12-6-5-9-17-14(12)10-16/h3-9,18H,2,11H2,1H3. The Balaban J connectivity index is 2.13. The summed E-state index contributed by atoms with van der Waals surface area (Å²) in [7, 11) is 0. The molecule has 0 aliphatic rings. The summed E-state index contributed by atoms with van der Waals surface area (Å²) in [6, 6.07) is 13.5. The fourth-order valence-electron chi connectivity index (χ4n) is 1.77. The zero-order valence-electron chi connectivity index (χ0n) is 10.8. The van der Waals surface area contributed by atoms with Crippen LogP contribution in [0.1, 0.15) is 18.2 Å². The number of ether oxygens (including phenoxy) is 1. The predicted molar refractivity (Wildman–Crippen MR) is 73.9 cm³/mol. The van der Waals surface area contributed by atoms with Gasteiger partial charge in [-0.25, -0.2) is 4.98 Å². The Morgan fingerprint density at radius 1 is 1.26 bits per heavy atom. The molecule has 0 aliphatic heterocycles. The van der Waals surface area contributed by atoms with Crippen LogP contribution in [-0.4, -0.2) is 11.6 Å². The van der Waals surface area contributed by atoms with Gasteiger partial charge >= 0.3 is 0 Å². The Bertz CT molecular complexity index is 590. The third-order valence-electron chi connectivity index (χ3n) is 2.65. The van der Waals surface area contributed by atoms with Crippen LogP contribution in [0.2, 0.25) is 0 Å². The van der Waals surface area contributed by atoms with Crippen LogP contribution < -0.4 is 10.1 Å². The minimum atomic E-state index is 0.448. The fourth-order valence-corrected chi connectivity index (χ4v) is 1.77. The topological polar surface area (TPSA) is 57.9 Å². The van der Waals surface area contributed by atoms with E-state index in [4.69, 9.17) is 10.00 Å². The zero-order valence-corrected chi connectivity index (χ0v) is 10.8. The molecule has 1 aromatic carbocycles. The van der Waals surface area contributed by atoms with Crippen molar-refractivity contribution in [1.29, 1.82) is 5.26 Å². The highest BCUT2D eigenvalue weighted by Gasteiger charge is 2.05. The lowest BCUT2D eigenvalue weighted by atomic mass is 10.2. The predicted octanol–water partition coefficient (Wildman–Crippen LogP) is 2.96. The zero-order chi connectivity index (χ0) is 13.5. The first-order chi connectivity index (χ1) is 9.35. The summed E-state index contributed by atoms with van der Waals surface area (Å²) in [5.74, 6) is 0.812. The van der Waals surface area contributed by atoms with Crippen LogP contribution in [0.25, 0.3) is 0 Å². The number of nitriles is 1. The van der Waals surface area contributed by atoms with E-state index in [0.717, 1.165) is 17.0 Å². The summed E-state index contributed by atoms with van der Waals surface area (Å²) in [6.07, 6.45) is 1.62. The van der Waals surface area contributed by atoms with Crippen molar-refractivity contribution in [3.05, 3.63) is 53.9 Å². The van der Waals surface area contributed by atoms with E-state index in [1.165, 1.54) is 0 Å². The molecule has 0 radical (unpaired) electrons. The molecule has 19 heavy (non-hydrogen) atoms. The molecule has 1 aromatic heterocycles. The van der Waals surface area contributed by atoms with E-state index in [2.05, 4.69) is 16.4 Å². The first kappa shape index (κ1) is 12.9. The van der Waals surface area contributed by atoms with Gasteiger partial charge in [-0.15, -0.1) is 0 Å². The third kappa shape index (κ3) is 3.23. The molecule has 1 N–H and O–H groups in total. The van der Waals surface area contributed by atoms with Crippen molar-refractivity contribution < 1.29 is 4.74 Å². The normalized spacial score (nSPS) is 9.68. The maximum atomic E-state index is 8.99. The number of para-hydroxylation sites is 2. The quantitative estimate of drug-likeness (QED) is 0.890. The molecule has 0 spiro atoms. The molecule has 0 atom stereocenters.